The molecule has 1 aromatic rings. The zero-order chi connectivity index (χ0) is 15.0. The van der Waals surface area contributed by atoms with Gasteiger partial charge in [0, 0.05) is 29.4 Å². The zero-order valence-electron chi connectivity index (χ0n) is 12.2. The van der Waals surface area contributed by atoms with Crippen LogP contribution >= 0.6 is 11.6 Å². The monoisotopic (exact) mass is 315 g/mol. The van der Waals surface area contributed by atoms with Gasteiger partial charge in [-0.1, -0.05) is 31.5 Å². The largest absolute Gasteiger partial charge is 0.310 e. The number of rotatable bonds is 4. The van der Waals surface area contributed by atoms with Crippen LogP contribution in [-0.4, -0.2) is 20.7 Å². The second-order valence-corrected chi connectivity index (χ2v) is 8.86. The van der Waals surface area contributed by atoms with Crippen LogP contribution in [0.3, 0.4) is 0 Å². The van der Waals surface area contributed by atoms with E-state index in [0.717, 1.165) is 12.8 Å². The Morgan fingerprint density at radius 1 is 1.40 bits per heavy atom. The first kappa shape index (κ1) is 15.8. The van der Waals surface area contributed by atoms with Crippen LogP contribution in [0, 0.1) is 5.41 Å². The van der Waals surface area contributed by atoms with E-state index in [4.69, 9.17) is 11.6 Å². The molecule has 0 amide bonds. The number of benzene rings is 1. The van der Waals surface area contributed by atoms with Gasteiger partial charge in [0.15, 0.2) is 9.84 Å². The molecule has 1 N–H and O–H groups in total. The Kier molecular flexibility index (Phi) is 4.47. The van der Waals surface area contributed by atoms with Crippen molar-refractivity contribution in [1.29, 1.82) is 0 Å². The fraction of sp³-hybridized carbons (Fsp3) is 0.600. The second-order valence-electron chi connectivity index (χ2n) is 6.47. The molecule has 1 unspecified atom stereocenters. The standard InChI is InChI=1S/C15H22ClNO2S/c1-15(2)8-7-11(9-15)17-10-12-13(16)5-4-6-14(12)20(3,18)19/h4-6,11,17H,7-10H2,1-3H3. The summed E-state index contributed by atoms with van der Waals surface area (Å²) in [4.78, 5) is 0.328. The summed E-state index contributed by atoms with van der Waals surface area (Å²) in [5, 5.41) is 3.97. The lowest BCUT2D eigenvalue weighted by Crippen LogP contribution is -2.27. The van der Waals surface area contributed by atoms with Crippen LogP contribution in [0.1, 0.15) is 38.7 Å². The van der Waals surface area contributed by atoms with E-state index in [9.17, 15) is 8.42 Å². The van der Waals surface area contributed by atoms with Crippen molar-refractivity contribution in [2.75, 3.05) is 6.26 Å². The summed E-state index contributed by atoms with van der Waals surface area (Å²) in [5.41, 5.74) is 1.05. The van der Waals surface area contributed by atoms with Crippen LogP contribution in [-0.2, 0) is 16.4 Å². The maximum Gasteiger partial charge on any atom is 0.175 e. The van der Waals surface area contributed by atoms with Crippen LogP contribution in [0.5, 0.6) is 0 Å². The Morgan fingerprint density at radius 3 is 2.65 bits per heavy atom. The molecule has 0 aliphatic heterocycles. The lowest BCUT2D eigenvalue weighted by molar-refractivity contribution is 0.364. The van der Waals surface area contributed by atoms with Crippen LogP contribution in [0.4, 0.5) is 0 Å². The summed E-state index contributed by atoms with van der Waals surface area (Å²) in [6.45, 7) is 5.04. The smallest absolute Gasteiger partial charge is 0.175 e. The lowest BCUT2D eigenvalue weighted by atomic mass is 9.92. The molecule has 0 spiro atoms. The average Bonchev–Trinajstić information content (AvgIpc) is 2.66. The van der Waals surface area contributed by atoms with Gasteiger partial charge < -0.3 is 5.32 Å². The molecular weight excluding hydrogens is 294 g/mol. The highest BCUT2D eigenvalue weighted by molar-refractivity contribution is 7.90. The van der Waals surface area contributed by atoms with Gasteiger partial charge in [0.2, 0.25) is 0 Å². The Bertz CT molecular complexity index is 596. The molecule has 0 radical (unpaired) electrons. The quantitative estimate of drug-likeness (QED) is 0.926. The van der Waals surface area contributed by atoms with Gasteiger partial charge in [-0.15, -0.1) is 0 Å². The molecule has 1 atom stereocenters. The molecule has 3 nitrogen and oxygen atoms in total. The van der Waals surface area contributed by atoms with Crippen LogP contribution in [0.15, 0.2) is 23.1 Å². The number of hydrogen-bond donors (Lipinski definition) is 1. The molecule has 0 bridgehead atoms. The summed E-state index contributed by atoms with van der Waals surface area (Å²) >= 11 is 6.17. The van der Waals surface area contributed by atoms with E-state index in [2.05, 4.69) is 19.2 Å². The lowest BCUT2D eigenvalue weighted by Gasteiger charge is -2.19. The van der Waals surface area contributed by atoms with Crippen molar-refractivity contribution in [2.24, 2.45) is 5.41 Å². The van der Waals surface area contributed by atoms with Gasteiger partial charge in [-0.05, 0) is 36.8 Å². The minimum absolute atomic E-state index is 0.328. The molecule has 0 heterocycles. The minimum atomic E-state index is -3.25. The van der Waals surface area contributed by atoms with Gasteiger partial charge >= 0.3 is 0 Å². The molecule has 1 aromatic carbocycles. The van der Waals surface area contributed by atoms with Crippen molar-refractivity contribution in [1.82, 2.24) is 5.32 Å². The summed E-state index contributed by atoms with van der Waals surface area (Å²) < 4.78 is 23.6. The SMILES string of the molecule is CC1(C)CCC(NCc2c(Cl)cccc2S(C)(=O)=O)C1. The fourth-order valence-electron chi connectivity index (χ4n) is 2.91. The van der Waals surface area contributed by atoms with Crippen molar-refractivity contribution in [3.8, 4) is 0 Å². The van der Waals surface area contributed by atoms with E-state index in [1.165, 1.54) is 12.7 Å². The number of halogens is 1. The zero-order valence-corrected chi connectivity index (χ0v) is 13.8. The number of nitrogens with one attached hydrogen (secondary N) is 1. The fourth-order valence-corrected chi connectivity index (χ4v) is 4.17. The molecule has 5 heteroatoms. The predicted molar refractivity (Wildman–Crippen MR) is 82.8 cm³/mol. The third kappa shape index (κ3) is 3.74. The Morgan fingerprint density at radius 2 is 2.10 bits per heavy atom. The Balaban J connectivity index is 2.14. The molecular formula is C15H22ClNO2S. The van der Waals surface area contributed by atoms with Crippen molar-refractivity contribution in [2.45, 2.75) is 50.6 Å². The van der Waals surface area contributed by atoms with Crippen LogP contribution in [0.2, 0.25) is 5.02 Å². The first-order valence-corrected chi connectivity index (χ1v) is 9.17. The van der Waals surface area contributed by atoms with Gasteiger partial charge in [-0.3, -0.25) is 0 Å². The highest BCUT2D eigenvalue weighted by Gasteiger charge is 2.30. The van der Waals surface area contributed by atoms with Crippen molar-refractivity contribution in [3.05, 3.63) is 28.8 Å². The van der Waals surface area contributed by atoms with E-state index in [1.807, 2.05) is 0 Å². The molecule has 0 aromatic heterocycles. The molecule has 20 heavy (non-hydrogen) atoms. The van der Waals surface area contributed by atoms with Crippen LogP contribution < -0.4 is 5.32 Å². The summed E-state index contributed by atoms with van der Waals surface area (Å²) in [5.74, 6) is 0. The maximum atomic E-state index is 11.8. The number of hydrogen-bond acceptors (Lipinski definition) is 3. The van der Waals surface area contributed by atoms with Crippen molar-refractivity contribution in [3.63, 3.8) is 0 Å². The van der Waals surface area contributed by atoms with E-state index in [1.54, 1.807) is 18.2 Å². The third-order valence-electron chi connectivity index (χ3n) is 4.01. The molecule has 1 aliphatic carbocycles. The van der Waals surface area contributed by atoms with Gasteiger partial charge in [-0.25, -0.2) is 8.42 Å². The first-order valence-electron chi connectivity index (χ1n) is 6.90. The van der Waals surface area contributed by atoms with Gasteiger partial charge in [0.05, 0.1) is 4.90 Å². The van der Waals surface area contributed by atoms with Gasteiger partial charge in [-0.2, -0.15) is 0 Å². The Hall–Kier alpha value is -0.580. The Labute approximate surface area is 126 Å². The van der Waals surface area contributed by atoms with E-state index in [0.29, 0.717) is 33.5 Å². The highest BCUT2D eigenvalue weighted by Crippen LogP contribution is 2.37. The first-order chi connectivity index (χ1) is 9.19. The van der Waals surface area contributed by atoms with Crippen LogP contribution in [0.25, 0.3) is 0 Å². The molecule has 1 fully saturated rings. The molecule has 2 rings (SSSR count). The molecule has 1 aliphatic rings. The van der Waals surface area contributed by atoms with Gasteiger partial charge in [0.1, 0.15) is 0 Å². The molecule has 112 valence electrons. The molecule has 0 saturated heterocycles. The summed E-state index contributed by atoms with van der Waals surface area (Å²) in [6, 6.07) is 5.48. The van der Waals surface area contributed by atoms with E-state index in [-0.39, 0.29) is 0 Å². The highest BCUT2D eigenvalue weighted by atomic mass is 35.5. The topological polar surface area (TPSA) is 46.2 Å². The van der Waals surface area contributed by atoms with Gasteiger partial charge in [0.25, 0.3) is 0 Å². The third-order valence-corrected chi connectivity index (χ3v) is 5.55. The average molecular weight is 316 g/mol. The van der Waals surface area contributed by atoms with E-state index < -0.39 is 9.84 Å². The van der Waals surface area contributed by atoms with E-state index >= 15 is 0 Å². The van der Waals surface area contributed by atoms with Crippen molar-refractivity contribution >= 4 is 21.4 Å². The maximum absolute atomic E-state index is 11.8. The van der Waals surface area contributed by atoms with Crippen molar-refractivity contribution < 1.29 is 8.42 Å². The predicted octanol–water partition coefficient (Wildman–Crippen LogP) is 3.41. The summed E-state index contributed by atoms with van der Waals surface area (Å²) in [6.07, 6.45) is 4.67. The summed E-state index contributed by atoms with van der Waals surface area (Å²) in [7, 11) is -3.25. The molecule has 1 saturated carbocycles. The number of sulfone groups is 1. The second kappa shape index (κ2) is 5.66. The minimum Gasteiger partial charge on any atom is -0.310 e. The normalized spacial score (nSPS) is 22.1.